The predicted octanol–water partition coefficient (Wildman–Crippen LogP) is 5.90. The number of aromatic nitrogens is 1. The number of halogens is 1. The van der Waals surface area contributed by atoms with Gasteiger partial charge in [-0.25, -0.2) is 0 Å². The highest BCUT2D eigenvalue weighted by molar-refractivity contribution is 8.00. The van der Waals surface area contributed by atoms with Crippen molar-refractivity contribution in [3.63, 3.8) is 0 Å². The van der Waals surface area contributed by atoms with Crippen LogP contribution in [0.1, 0.15) is 17.7 Å². The summed E-state index contributed by atoms with van der Waals surface area (Å²) in [5.74, 6) is 2.77. The highest BCUT2D eigenvalue weighted by Crippen LogP contribution is 2.26. The first-order valence-corrected chi connectivity index (χ1v) is 11.5. The van der Waals surface area contributed by atoms with Gasteiger partial charge in [-0.3, -0.25) is 4.79 Å². The molecule has 2 aromatic carbocycles. The first-order chi connectivity index (χ1) is 14.0. The van der Waals surface area contributed by atoms with Crippen molar-refractivity contribution in [2.75, 3.05) is 11.5 Å². The van der Waals surface area contributed by atoms with Crippen molar-refractivity contribution in [1.82, 2.24) is 4.73 Å². The first kappa shape index (κ1) is 21.7. The Morgan fingerprint density at radius 1 is 1.00 bits per heavy atom. The van der Waals surface area contributed by atoms with Crippen LogP contribution < -0.4 is 10.3 Å². The summed E-state index contributed by atoms with van der Waals surface area (Å²) in [5.41, 5.74) is 0.760. The number of pyridine rings is 1. The lowest BCUT2D eigenvalue weighted by Gasteiger charge is -2.10. The number of aryl methyl sites for hydroxylation is 1. The standard InChI is InChI=1S/C22H22ClNO3S2/c1-16-12-18(24(26)22(25)13-16)15-27-19-4-2-5-21(14-19)29-11-3-10-28-20-8-6-17(23)7-9-20/h2,4-9,12-14,26H,3,10-11,15H2,1H3. The maximum absolute atomic E-state index is 11.6. The van der Waals surface area contributed by atoms with Crippen LogP contribution in [0.5, 0.6) is 5.75 Å². The van der Waals surface area contributed by atoms with Gasteiger partial charge in [0.25, 0.3) is 5.56 Å². The topological polar surface area (TPSA) is 51.5 Å². The summed E-state index contributed by atoms with van der Waals surface area (Å²) < 4.78 is 6.40. The fourth-order valence-electron chi connectivity index (χ4n) is 2.65. The average molecular weight is 448 g/mol. The molecule has 0 aliphatic rings. The van der Waals surface area contributed by atoms with Crippen LogP contribution in [-0.4, -0.2) is 21.4 Å². The van der Waals surface area contributed by atoms with Gasteiger partial charge in [-0.05, 0) is 78.9 Å². The molecule has 0 bridgehead atoms. The Kier molecular flexibility index (Phi) is 7.98. The van der Waals surface area contributed by atoms with Crippen LogP contribution >= 0.6 is 35.1 Å². The van der Waals surface area contributed by atoms with Crippen molar-refractivity contribution in [3.8, 4) is 5.75 Å². The van der Waals surface area contributed by atoms with Gasteiger partial charge >= 0.3 is 0 Å². The third-order valence-electron chi connectivity index (χ3n) is 4.06. The molecule has 0 spiro atoms. The Morgan fingerprint density at radius 3 is 2.48 bits per heavy atom. The molecule has 0 unspecified atom stereocenters. The van der Waals surface area contributed by atoms with E-state index in [2.05, 4.69) is 6.07 Å². The van der Waals surface area contributed by atoms with E-state index in [1.54, 1.807) is 17.8 Å². The number of hydrogen-bond acceptors (Lipinski definition) is 5. The molecule has 152 valence electrons. The lowest BCUT2D eigenvalue weighted by molar-refractivity contribution is 0.147. The monoisotopic (exact) mass is 447 g/mol. The van der Waals surface area contributed by atoms with E-state index >= 15 is 0 Å². The fourth-order valence-corrected chi connectivity index (χ4v) is 4.71. The summed E-state index contributed by atoms with van der Waals surface area (Å²) in [5, 5.41) is 10.6. The number of hydrogen-bond donors (Lipinski definition) is 1. The lowest BCUT2D eigenvalue weighted by atomic mass is 10.2. The van der Waals surface area contributed by atoms with E-state index in [9.17, 15) is 10.0 Å². The molecule has 7 heteroatoms. The molecule has 0 aliphatic heterocycles. The smallest absolute Gasteiger partial charge is 0.283 e. The molecule has 1 heterocycles. The predicted molar refractivity (Wildman–Crippen MR) is 121 cm³/mol. The van der Waals surface area contributed by atoms with Crippen molar-refractivity contribution in [2.45, 2.75) is 29.7 Å². The van der Waals surface area contributed by atoms with Gasteiger partial charge in [0.1, 0.15) is 12.4 Å². The summed E-state index contributed by atoms with van der Waals surface area (Å²) in [4.78, 5) is 14.0. The molecule has 3 rings (SSSR count). The van der Waals surface area contributed by atoms with Crippen molar-refractivity contribution < 1.29 is 9.94 Å². The molecule has 0 saturated heterocycles. The van der Waals surface area contributed by atoms with Gasteiger partial charge < -0.3 is 9.94 Å². The zero-order valence-corrected chi connectivity index (χ0v) is 18.4. The van der Waals surface area contributed by atoms with Crippen molar-refractivity contribution in [3.05, 3.63) is 87.3 Å². The van der Waals surface area contributed by atoms with Gasteiger partial charge in [-0.15, -0.1) is 28.3 Å². The van der Waals surface area contributed by atoms with E-state index in [0.717, 1.165) is 33.4 Å². The van der Waals surface area contributed by atoms with Gasteiger partial charge in [0, 0.05) is 20.9 Å². The number of thioether (sulfide) groups is 2. The third-order valence-corrected chi connectivity index (χ3v) is 6.49. The normalized spacial score (nSPS) is 10.8. The van der Waals surface area contributed by atoms with Crippen LogP contribution in [0.15, 0.2) is 75.2 Å². The van der Waals surface area contributed by atoms with Crippen LogP contribution in [0, 0.1) is 6.92 Å². The largest absolute Gasteiger partial charge is 0.487 e. The minimum absolute atomic E-state index is 0.124. The van der Waals surface area contributed by atoms with Crippen LogP contribution in [0.2, 0.25) is 5.02 Å². The SMILES string of the molecule is Cc1cc(COc2cccc(SCCCSc3ccc(Cl)cc3)c2)n(O)c(=O)c1. The fraction of sp³-hybridized carbons (Fsp3) is 0.227. The molecule has 0 aliphatic carbocycles. The number of rotatable bonds is 9. The van der Waals surface area contributed by atoms with Gasteiger partial charge in [-0.1, -0.05) is 17.7 Å². The first-order valence-electron chi connectivity index (χ1n) is 9.17. The molecule has 1 N–H and O–H groups in total. The molecule has 1 aromatic heterocycles. The number of benzene rings is 2. The summed E-state index contributed by atoms with van der Waals surface area (Å²) >= 11 is 9.52. The van der Waals surface area contributed by atoms with E-state index in [-0.39, 0.29) is 6.61 Å². The molecule has 0 fully saturated rings. The molecule has 29 heavy (non-hydrogen) atoms. The second-order valence-corrected chi connectivity index (χ2v) is 9.22. The summed E-state index contributed by atoms with van der Waals surface area (Å²) in [6.07, 6.45) is 1.09. The highest BCUT2D eigenvalue weighted by Gasteiger charge is 2.06. The Bertz CT molecular complexity index is 1010. The second kappa shape index (κ2) is 10.7. The maximum Gasteiger partial charge on any atom is 0.283 e. The zero-order valence-electron chi connectivity index (χ0n) is 16.0. The molecule has 0 radical (unpaired) electrons. The summed E-state index contributed by atoms with van der Waals surface area (Å²) in [6.45, 7) is 1.94. The highest BCUT2D eigenvalue weighted by atomic mass is 35.5. The van der Waals surface area contributed by atoms with E-state index in [0.29, 0.717) is 16.2 Å². The Balaban J connectivity index is 1.46. The Morgan fingerprint density at radius 2 is 1.72 bits per heavy atom. The summed E-state index contributed by atoms with van der Waals surface area (Å²) in [7, 11) is 0. The zero-order chi connectivity index (χ0) is 20.6. The molecule has 0 amide bonds. The average Bonchev–Trinajstić information content (AvgIpc) is 2.71. The minimum Gasteiger partial charge on any atom is -0.487 e. The maximum atomic E-state index is 11.6. The molecular weight excluding hydrogens is 426 g/mol. The van der Waals surface area contributed by atoms with E-state index in [1.165, 1.54) is 11.0 Å². The minimum atomic E-state index is -0.454. The van der Waals surface area contributed by atoms with Gasteiger partial charge in [-0.2, -0.15) is 0 Å². The summed E-state index contributed by atoms with van der Waals surface area (Å²) in [6, 6.07) is 18.9. The van der Waals surface area contributed by atoms with Crippen LogP contribution in [0.3, 0.4) is 0 Å². The van der Waals surface area contributed by atoms with Crippen LogP contribution in [-0.2, 0) is 6.61 Å². The van der Waals surface area contributed by atoms with Crippen molar-refractivity contribution in [2.24, 2.45) is 0 Å². The Labute approximate surface area is 183 Å². The van der Waals surface area contributed by atoms with Gasteiger partial charge in [0.05, 0.1) is 5.69 Å². The molecular formula is C22H22ClNO3S2. The van der Waals surface area contributed by atoms with Gasteiger partial charge in [0.15, 0.2) is 0 Å². The van der Waals surface area contributed by atoms with Crippen molar-refractivity contribution >= 4 is 35.1 Å². The van der Waals surface area contributed by atoms with E-state index in [4.69, 9.17) is 16.3 Å². The molecule has 0 saturated carbocycles. The van der Waals surface area contributed by atoms with Gasteiger partial charge in [0.2, 0.25) is 0 Å². The quantitative estimate of drug-likeness (QED) is 0.251. The third kappa shape index (κ3) is 6.77. The molecule has 0 atom stereocenters. The van der Waals surface area contributed by atoms with Crippen LogP contribution in [0.25, 0.3) is 0 Å². The van der Waals surface area contributed by atoms with Crippen molar-refractivity contribution in [1.29, 1.82) is 0 Å². The molecule has 3 aromatic rings. The lowest BCUT2D eigenvalue weighted by Crippen LogP contribution is -2.21. The Hall–Kier alpha value is -2.02. The number of ether oxygens (including phenoxy) is 1. The van der Waals surface area contributed by atoms with Crippen LogP contribution in [0.4, 0.5) is 0 Å². The number of nitrogens with zero attached hydrogens (tertiary/aromatic N) is 1. The molecule has 4 nitrogen and oxygen atoms in total. The van der Waals surface area contributed by atoms with E-state index in [1.807, 2.05) is 61.2 Å². The van der Waals surface area contributed by atoms with E-state index < -0.39 is 5.56 Å². The second-order valence-electron chi connectivity index (χ2n) is 6.44.